The van der Waals surface area contributed by atoms with E-state index in [1.54, 1.807) is 38.1 Å². The number of esters is 2. The van der Waals surface area contributed by atoms with Gasteiger partial charge in [-0.25, -0.2) is 9.59 Å². The van der Waals surface area contributed by atoms with Crippen molar-refractivity contribution in [3.63, 3.8) is 0 Å². The Bertz CT molecular complexity index is 707. The van der Waals surface area contributed by atoms with Crippen LogP contribution in [0.1, 0.15) is 39.0 Å². The van der Waals surface area contributed by atoms with Gasteiger partial charge in [-0.3, -0.25) is 0 Å². The van der Waals surface area contributed by atoms with Gasteiger partial charge in [-0.1, -0.05) is 36.4 Å². The zero-order chi connectivity index (χ0) is 20.4. The predicted octanol–water partition coefficient (Wildman–Crippen LogP) is 4.55. The van der Waals surface area contributed by atoms with E-state index >= 15 is 0 Å². The molecule has 1 saturated carbocycles. The van der Waals surface area contributed by atoms with Gasteiger partial charge >= 0.3 is 11.9 Å². The lowest BCUT2D eigenvalue weighted by atomic mass is 9.98. The number of carbonyl (C=O) groups excluding carboxylic acids is 2. The van der Waals surface area contributed by atoms with Gasteiger partial charge in [-0.15, -0.1) is 0 Å². The summed E-state index contributed by atoms with van der Waals surface area (Å²) in [6.07, 6.45) is 8.45. The molecule has 0 heterocycles. The van der Waals surface area contributed by atoms with Crippen LogP contribution in [0, 0.1) is 0 Å². The molecule has 2 rings (SSSR count). The molecule has 1 fully saturated rings. The van der Waals surface area contributed by atoms with Crippen molar-refractivity contribution < 1.29 is 19.1 Å². The highest BCUT2D eigenvalue weighted by molar-refractivity contribution is 8.04. The summed E-state index contributed by atoms with van der Waals surface area (Å²) in [5, 5.41) is 0. The molecule has 1 aromatic carbocycles. The highest BCUT2D eigenvalue weighted by Crippen LogP contribution is 2.29. The van der Waals surface area contributed by atoms with Gasteiger partial charge in [-0.2, -0.15) is 0 Å². The van der Waals surface area contributed by atoms with Crippen molar-refractivity contribution in [3.8, 4) is 0 Å². The summed E-state index contributed by atoms with van der Waals surface area (Å²) in [7, 11) is 3.53. The standard InChI is InChI=1S/C22H29NO4S/c1-4-26-21(24)19(23(2)3)15-16-20(28-18-13-9-6-10-14-18)22(25)27-17-11-7-5-8-12-17/h6,9-10,13-17H,4-5,7-8,11-12H2,1-3H3/b19-15-,20-16-. The number of nitrogens with zero attached hydrogens (tertiary/aromatic N) is 1. The Morgan fingerprint density at radius 2 is 1.75 bits per heavy atom. The lowest BCUT2D eigenvalue weighted by molar-refractivity contribution is -0.145. The van der Waals surface area contributed by atoms with Crippen LogP contribution in [0.5, 0.6) is 0 Å². The summed E-state index contributed by atoms with van der Waals surface area (Å²) in [5.74, 6) is -0.771. The van der Waals surface area contributed by atoms with Crippen molar-refractivity contribution in [2.24, 2.45) is 0 Å². The van der Waals surface area contributed by atoms with Gasteiger partial charge < -0.3 is 14.4 Å². The van der Waals surface area contributed by atoms with E-state index in [9.17, 15) is 9.59 Å². The third-order valence-corrected chi connectivity index (χ3v) is 5.39. The van der Waals surface area contributed by atoms with Crippen molar-refractivity contribution in [1.29, 1.82) is 0 Å². The second-order valence-electron chi connectivity index (χ2n) is 6.78. The first-order chi connectivity index (χ1) is 13.5. The molecule has 0 saturated heterocycles. The number of ether oxygens (including phenoxy) is 2. The van der Waals surface area contributed by atoms with E-state index in [0.717, 1.165) is 30.6 Å². The minimum absolute atomic E-state index is 0.0246. The quantitative estimate of drug-likeness (QED) is 0.275. The van der Waals surface area contributed by atoms with Crippen molar-refractivity contribution in [2.75, 3.05) is 20.7 Å². The second-order valence-corrected chi connectivity index (χ2v) is 7.89. The molecule has 28 heavy (non-hydrogen) atoms. The minimum atomic E-state index is -0.423. The molecule has 0 radical (unpaired) electrons. The fourth-order valence-corrected chi connectivity index (χ4v) is 3.73. The Balaban J connectivity index is 2.24. The van der Waals surface area contributed by atoms with Crippen LogP contribution in [-0.4, -0.2) is 43.6 Å². The van der Waals surface area contributed by atoms with Crippen LogP contribution >= 0.6 is 11.8 Å². The van der Waals surface area contributed by atoms with Crippen LogP contribution in [0.2, 0.25) is 0 Å². The van der Waals surface area contributed by atoms with Crippen LogP contribution in [-0.2, 0) is 19.1 Å². The fraction of sp³-hybridized carbons (Fsp3) is 0.455. The van der Waals surface area contributed by atoms with Gasteiger partial charge in [-0.05, 0) is 56.9 Å². The zero-order valence-electron chi connectivity index (χ0n) is 16.8. The van der Waals surface area contributed by atoms with Crippen LogP contribution in [0.15, 0.2) is 58.0 Å². The summed E-state index contributed by atoms with van der Waals surface area (Å²) in [6, 6.07) is 9.65. The monoisotopic (exact) mass is 403 g/mol. The Morgan fingerprint density at radius 3 is 2.36 bits per heavy atom. The van der Waals surface area contributed by atoms with Crippen LogP contribution in [0.3, 0.4) is 0 Å². The first-order valence-corrected chi connectivity index (χ1v) is 10.5. The Hall–Kier alpha value is -2.21. The molecule has 152 valence electrons. The third-order valence-electron chi connectivity index (χ3n) is 4.36. The lowest BCUT2D eigenvalue weighted by Gasteiger charge is -2.22. The highest BCUT2D eigenvalue weighted by atomic mass is 32.2. The first kappa shape index (κ1) is 22.1. The summed E-state index contributed by atoms with van der Waals surface area (Å²) in [4.78, 5) is 28.0. The molecule has 0 aromatic heterocycles. The smallest absolute Gasteiger partial charge is 0.354 e. The molecular formula is C22H29NO4S. The molecule has 1 aliphatic rings. The number of rotatable bonds is 8. The third kappa shape index (κ3) is 7.08. The molecule has 5 nitrogen and oxygen atoms in total. The van der Waals surface area contributed by atoms with Crippen molar-refractivity contribution in [2.45, 2.75) is 50.0 Å². The maximum atomic E-state index is 12.8. The van der Waals surface area contributed by atoms with E-state index in [4.69, 9.17) is 9.47 Å². The summed E-state index contributed by atoms with van der Waals surface area (Å²) in [5.41, 5.74) is 0.374. The lowest BCUT2D eigenvalue weighted by Crippen LogP contribution is -2.22. The maximum absolute atomic E-state index is 12.8. The van der Waals surface area contributed by atoms with Gasteiger partial charge in [0, 0.05) is 19.0 Å². The van der Waals surface area contributed by atoms with Gasteiger partial charge in [0.05, 0.1) is 11.5 Å². The van der Waals surface area contributed by atoms with E-state index in [1.165, 1.54) is 18.2 Å². The molecule has 0 aliphatic heterocycles. The normalized spacial score (nSPS) is 15.8. The number of allylic oxidation sites excluding steroid dienone is 2. The van der Waals surface area contributed by atoms with E-state index in [-0.39, 0.29) is 12.1 Å². The second kappa shape index (κ2) is 11.6. The Kier molecular flexibility index (Phi) is 9.14. The molecule has 1 aromatic rings. The molecule has 0 unspecified atom stereocenters. The molecule has 0 atom stereocenters. The van der Waals surface area contributed by atoms with Crippen LogP contribution < -0.4 is 0 Å². The van der Waals surface area contributed by atoms with E-state index in [2.05, 4.69) is 0 Å². The van der Waals surface area contributed by atoms with E-state index < -0.39 is 5.97 Å². The van der Waals surface area contributed by atoms with E-state index in [0.29, 0.717) is 17.2 Å². The zero-order valence-corrected chi connectivity index (χ0v) is 17.7. The SMILES string of the molecule is CCOC(=O)/C(=C/C=C(\Sc1ccccc1)C(=O)OC1CCCCC1)N(C)C. The van der Waals surface area contributed by atoms with Crippen molar-refractivity contribution in [1.82, 2.24) is 4.90 Å². The fourth-order valence-electron chi connectivity index (χ4n) is 2.91. The van der Waals surface area contributed by atoms with Gasteiger partial charge in [0.2, 0.25) is 0 Å². The number of thioether (sulfide) groups is 1. The van der Waals surface area contributed by atoms with Gasteiger partial charge in [0.25, 0.3) is 0 Å². The number of hydrogen-bond acceptors (Lipinski definition) is 6. The predicted molar refractivity (Wildman–Crippen MR) is 112 cm³/mol. The molecule has 6 heteroatoms. The van der Waals surface area contributed by atoms with Gasteiger partial charge in [0.1, 0.15) is 11.8 Å². The topological polar surface area (TPSA) is 55.8 Å². The van der Waals surface area contributed by atoms with E-state index in [1.807, 2.05) is 30.3 Å². The molecular weight excluding hydrogens is 374 g/mol. The molecule has 0 spiro atoms. The number of carbonyl (C=O) groups is 2. The highest BCUT2D eigenvalue weighted by Gasteiger charge is 2.21. The number of benzene rings is 1. The molecule has 0 amide bonds. The average molecular weight is 404 g/mol. The minimum Gasteiger partial charge on any atom is -0.461 e. The summed E-state index contributed by atoms with van der Waals surface area (Å²) >= 11 is 1.34. The van der Waals surface area contributed by atoms with Gasteiger partial charge in [0.15, 0.2) is 0 Å². The van der Waals surface area contributed by atoms with Crippen molar-refractivity contribution in [3.05, 3.63) is 53.1 Å². The van der Waals surface area contributed by atoms with Crippen LogP contribution in [0.4, 0.5) is 0 Å². The van der Waals surface area contributed by atoms with Crippen molar-refractivity contribution >= 4 is 23.7 Å². The Morgan fingerprint density at radius 1 is 1.07 bits per heavy atom. The number of hydrogen-bond donors (Lipinski definition) is 0. The molecule has 0 bridgehead atoms. The Labute approximate surface area is 171 Å². The largest absolute Gasteiger partial charge is 0.461 e. The number of likely N-dealkylation sites (N-methyl/N-ethyl adjacent to an activating group) is 1. The first-order valence-electron chi connectivity index (χ1n) is 9.71. The summed E-state index contributed by atoms with van der Waals surface area (Å²) in [6.45, 7) is 2.06. The molecule has 1 aliphatic carbocycles. The molecule has 0 N–H and O–H groups in total. The van der Waals surface area contributed by atoms with Crippen LogP contribution in [0.25, 0.3) is 0 Å². The summed E-state index contributed by atoms with van der Waals surface area (Å²) < 4.78 is 10.8. The maximum Gasteiger partial charge on any atom is 0.354 e. The average Bonchev–Trinajstić information content (AvgIpc) is 2.68.